The SMILES string of the molecule is Cc1c(Cl)nc(C2CC2)nc1NCCCn1cccn1. The van der Waals surface area contributed by atoms with E-state index in [4.69, 9.17) is 11.6 Å². The van der Waals surface area contributed by atoms with Crippen molar-refractivity contribution in [3.63, 3.8) is 0 Å². The normalized spacial score (nSPS) is 14.5. The Hall–Kier alpha value is -1.62. The van der Waals surface area contributed by atoms with Crippen LogP contribution in [0.1, 0.15) is 36.6 Å². The lowest BCUT2D eigenvalue weighted by Crippen LogP contribution is -2.10. The first kappa shape index (κ1) is 13.4. The summed E-state index contributed by atoms with van der Waals surface area (Å²) in [6.45, 7) is 3.69. The Kier molecular flexibility index (Phi) is 3.87. The number of hydrogen-bond donors (Lipinski definition) is 1. The number of nitrogens with one attached hydrogen (secondary N) is 1. The summed E-state index contributed by atoms with van der Waals surface area (Å²) in [5.74, 6) is 2.26. The molecule has 1 N–H and O–H groups in total. The third-order valence-corrected chi connectivity index (χ3v) is 3.83. The zero-order valence-electron chi connectivity index (χ0n) is 11.5. The summed E-state index contributed by atoms with van der Waals surface area (Å²) in [7, 11) is 0. The van der Waals surface area contributed by atoms with Crippen molar-refractivity contribution in [3.05, 3.63) is 35.0 Å². The molecule has 6 heteroatoms. The summed E-state index contributed by atoms with van der Waals surface area (Å²) in [6, 6.07) is 1.93. The van der Waals surface area contributed by atoms with Crippen molar-refractivity contribution in [3.8, 4) is 0 Å². The van der Waals surface area contributed by atoms with Gasteiger partial charge in [-0.15, -0.1) is 0 Å². The first-order chi connectivity index (χ1) is 9.74. The van der Waals surface area contributed by atoms with Crippen molar-refractivity contribution in [2.24, 2.45) is 0 Å². The molecule has 1 aliphatic rings. The zero-order valence-corrected chi connectivity index (χ0v) is 12.3. The van der Waals surface area contributed by atoms with Crippen LogP contribution in [0.5, 0.6) is 0 Å². The van der Waals surface area contributed by atoms with Gasteiger partial charge in [-0.05, 0) is 32.3 Å². The van der Waals surface area contributed by atoms with Crippen molar-refractivity contribution in [1.29, 1.82) is 0 Å². The fraction of sp³-hybridized carbons (Fsp3) is 0.500. The molecule has 0 atom stereocenters. The molecular weight excluding hydrogens is 274 g/mol. The molecule has 1 fully saturated rings. The quantitative estimate of drug-likeness (QED) is 0.656. The van der Waals surface area contributed by atoms with Crippen LogP contribution in [0.15, 0.2) is 18.5 Å². The van der Waals surface area contributed by atoms with Gasteiger partial charge in [0, 0.05) is 37.0 Å². The van der Waals surface area contributed by atoms with Crippen molar-refractivity contribution >= 4 is 17.4 Å². The van der Waals surface area contributed by atoms with E-state index < -0.39 is 0 Å². The van der Waals surface area contributed by atoms with E-state index in [1.54, 1.807) is 6.20 Å². The van der Waals surface area contributed by atoms with Gasteiger partial charge >= 0.3 is 0 Å². The molecule has 5 nitrogen and oxygen atoms in total. The number of aryl methyl sites for hydroxylation is 1. The smallest absolute Gasteiger partial charge is 0.137 e. The summed E-state index contributed by atoms with van der Waals surface area (Å²) in [4.78, 5) is 8.97. The molecule has 20 heavy (non-hydrogen) atoms. The highest BCUT2D eigenvalue weighted by atomic mass is 35.5. The van der Waals surface area contributed by atoms with E-state index in [1.165, 1.54) is 12.8 Å². The van der Waals surface area contributed by atoms with Crippen LogP contribution in [0, 0.1) is 6.92 Å². The lowest BCUT2D eigenvalue weighted by atomic mass is 10.3. The van der Waals surface area contributed by atoms with Gasteiger partial charge in [0.05, 0.1) is 0 Å². The molecule has 0 radical (unpaired) electrons. The van der Waals surface area contributed by atoms with Crippen LogP contribution in [0.2, 0.25) is 5.15 Å². The van der Waals surface area contributed by atoms with Crippen molar-refractivity contribution < 1.29 is 0 Å². The lowest BCUT2D eigenvalue weighted by molar-refractivity contribution is 0.591. The molecule has 0 unspecified atom stereocenters. The van der Waals surface area contributed by atoms with Crippen LogP contribution in [0.3, 0.4) is 0 Å². The predicted octanol–water partition coefficient (Wildman–Crippen LogP) is 3.01. The molecule has 0 spiro atoms. The average Bonchev–Trinajstić information content (AvgIpc) is 3.16. The van der Waals surface area contributed by atoms with Crippen LogP contribution >= 0.6 is 11.6 Å². The summed E-state index contributed by atoms with van der Waals surface area (Å²) in [5.41, 5.74) is 0.926. The first-order valence-corrected chi connectivity index (χ1v) is 7.37. The second kappa shape index (κ2) is 5.79. The molecule has 1 aliphatic carbocycles. The molecule has 0 aliphatic heterocycles. The molecule has 0 bridgehead atoms. The Morgan fingerprint density at radius 3 is 2.95 bits per heavy atom. The Morgan fingerprint density at radius 1 is 1.40 bits per heavy atom. The Morgan fingerprint density at radius 2 is 2.25 bits per heavy atom. The van der Waals surface area contributed by atoms with Crippen LogP contribution in [-0.4, -0.2) is 26.3 Å². The minimum atomic E-state index is 0.512. The second-order valence-electron chi connectivity index (χ2n) is 5.17. The van der Waals surface area contributed by atoms with Crippen LogP contribution in [0.25, 0.3) is 0 Å². The number of hydrogen-bond acceptors (Lipinski definition) is 4. The minimum absolute atomic E-state index is 0.512. The van der Waals surface area contributed by atoms with Gasteiger partial charge in [-0.3, -0.25) is 4.68 Å². The number of halogens is 1. The minimum Gasteiger partial charge on any atom is -0.370 e. The monoisotopic (exact) mass is 291 g/mol. The summed E-state index contributed by atoms with van der Waals surface area (Å²) < 4.78 is 1.93. The average molecular weight is 292 g/mol. The van der Waals surface area contributed by atoms with E-state index >= 15 is 0 Å². The summed E-state index contributed by atoms with van der Waals surface area (Å²) >= 11 is 6.18. The van der Waals surface area contributed by atoms with E-state index in [0.29, 0.717) is 11.1 Å². The van der Waals surface area contributed by atoms with Crippen molar-refractivity contribution in [2.75, 3.05) is 11.9 Å². The third-order valence-electron chi connectivity index (χ3n) is 3.46. The van der Waals surface area contributed by atoms with Gasteiger partial charge in [0.25, 0.3) is 0 Å². The van der Waals surface area contributed by atoms with E-state index in [0.717, 1.165) is 36.7 Å². The lowest BCUT2D eigenvalue weighted by Gasteiger charge is -2.11. The second-order valence-corrected chi connectivity index (χ2v) is 5.53. The Bertz CT molecular complexity index is 578. The molecule has 0 aromatic carbocycles. The van der Waals surface area contributed by atoms with E-state index in [1.807, 2.05) is 23.9 Å². The molecular formula is C14H18ClN5. The standard InChI is InChI=1S/C14H18ClN5/c1-10-12(15)18-14(11-4-5-11)19-13(10)16-6-2-8-20-9-3-7-17-20/h3,7,9,11H,2,4-6,8H2,1H3,(H,16,18,19). The van der Waals surface area contributed by atoms with Crippen LogP contribution < -0.4 is 5.32 Å². The largest absolute Gasteiger partial charge is 0.370 e. The highest BCUT2D eigenvalue weighted by Crippen LogP contribution is 2.39. The maximum absolute atomic E-state index is 6.18. The van der Waals surface area contributed by atoms with Crippen LogP contribution in [0.4, 0.5) is 5.82 Å². The maximum Gasteiger partial charge on any atom is 0.137 e. The van der Waals surface area contributed by atoms with Crippen LogP contribution in [-0.2, 0) is 6.54 Å². The van der Waals surface area contributed by atoms with Crippen molar-refractivity contribution in [1.82, 2.24) is 19.7 Å². The maximum atomic E-state index is 6.18. The highest BCUT2D eigenvalue weighted by molar-refractivity contribution is 6.30. The molecule has 0 saturated heterocycles. The number of nitrogens with zero attached hydrogens (tertiary/aromatic N) is 4. The van der Waals surface area contributed by atoms with Crippen molar-refractivity contribution in [2.45, 2.75) is 38.6 Å². The Balaban J connectivity index is 1.58. The highest BCUT2D eigenvalue weighted by Gasteiger charge is 2.27. The van der Waals surface area contributed by atoms with Gasteiger partial charge < -0.3 is 5.32 Å². The predicted molar refractivity (Wildman–Crippen MR) is 79.1 cm³/mol. The number of rotatable bonds is 6. The van der Waals surface area contributed by atoms with E-state index in [2.05, 4.69) is 20.4 Å². The van der Waals surface area contributed by atoms with Gasteiger partial charge in [0.1, 0.15) is 16.8 Å². The zero-order chi connectivity index (χ0) is 13.9. The third kappa shape index (κ3) is 3.10. The molecule has 1 saturated carbocycles. The first-order valence-electron chi connectivity index (χ1n) is 6.99. The van der Waals surface area contributed by atoms with Gasteiger partial charge in [-0.2, -0.15) is 5.10 Å². The van der Waals surface area contributed by atoms with E-state index in [9.17, 15) is 0 Å². The molecule has 0 amide bonds. The molecule has 2 heterocycles. The fourth-order valence-corrected chi connectivity index (χ4v) is 2.26. The van der Waals surface area contributed by atoms with Gasteiger partial charge in [-0.1, -0.05) is 11.6 Å². The van der Waals surface area contributed by atoms with Gasteiger partial charge in [-0.25, -0.2) is 9.97 Å². The summed E-state index contributed by atoms with van der Waals surface area (Å²) in [5, 5.41) is 8.11. The van der Waals surface area contributed by atoms with E-state index in [-0.39, 0.29) is 0 Å². The molecule has 3 rings (SSSR count). The number of aromatic nitrogens is 4. The van der Waals surface area contributed by atoms with Gasteiger partial charge in [0.2, 0.25) is 0 Å². The molecule has 2 aromatic heterocycles. The Labute approximate surface area is 123 Å². The summed E-state index contributed by atoms with van der Waals surface area (Å²) in [6.07, 6.45) is 7.11. The molecule has 106 valence electrons. The molecule has 2 aromatic rings. The van der Waals surface area contributed by atoms with Gasteiger partial charge in [0.15, 0.2) is 0 Å². The topological polar surface area (TPSA) is 55.6 Å². The fourth-order valence-electron chi connectivity index (χ4n) is 2.08. The number of anilines is 1.